The number of esters is 1. The van der Waals surface area contributed by atoms with Crippen molar-refractivity contribution in [3.8, 4) is 0 Å². The Kier molecular flexibility index (Phi) is 3.90. The van der Waals surface area contributed by atoms with Crippen LogP contribution in [0.4, 0.5) is 0 Å². The summed E-state index contributed by atoms with van der Waals surface area (Å²) in [6.07, 6.45) is -0.204. The van der Waals surface area contributed by atoms with Crippen molar-refractivity contribution in [1.29, 1.82) is 0 Å². The number of hydrogen-bond acceptors (Lipinski definition) is 5. The number of nitrogens with zero attached hydrogens (tertiary/aromatic N) is 4. The molecule has 0 radical (unpaired) electrons. The number of fused-ring (bicyclic) bond motifs is 1. The van der Waals surface area contributed by atoms with Gasteiger partial charge < -0.3 is 4.74 Å². The summed E-state index contributed by atoms with van der Waals surface area (Å²) >= 11 is 0. The average molecular weight is 311 g/mol. The number of hydrogen-bond donors (Lipinski definition) is 0. The van der Waals surface area contributed by atoms with Crippen molar-refractivity contribution in [2.45, 2.75) is 39.8 Å². The molecule has 0 saturated heterocycles. The molecule has 1 atom stereocenters. The van der Waals surface area contributed by atoms with Crippen LogP contribution in [0, 0.1) is 6.92 Å². The third-order valence-electron chi connectivity index (χ3n) is 3.67. The first kappa shape index (κ1) is 15.3. The van der Waals surface area contributed by atoms with Crippen molar-refractivity contribution in [3.63, 3.8) is 0 Å². The van der Waals surface area contributed by atoms with Gasteiger partial charge in [-0.1, -0.05) is 34.7 Å². The van der Waals surface area contributed by atoms with Gasteiger partial charge in [-0.05, 0) is 31.4 Å². The zero-order chi connectivity index (χ0) is 16.6. The van der Waals surface area contributed by atoms with Gasteiger partial charge in [0.25, 0.3) is 0 Å². The molecule has 1 aromatic carbocycles. The summed E-state index contributed by atoms with van der Waals surface area (Å²) < 4.78 is 6.90. The van der Waals surface area contributed by atoms with Crippen LogP contribution in [0.15, 0.2) is 35.4 Å². The molecule has 0 spiro atoms. The van der Waals surface area contributed by atoms with E-state index in [1.807, 2.05) is 37.3 Å². The maximum Gasteiger partial charge on any atom is 0.381 e. The number of ether oxygens (including phenoxy) is 1. The molecule has 1 aromatic heterocycles. The van der Waals surface area contributed by atoms with Crippen molar-refractivity contribution in [1.82, 2.24) is 10.2 Å². The Hall–Kier alpha value is -2.63. The maximum atomic E-state index is 12.1. The third kappa shape index (κ3) is 2.72. The number of aromatic nitrogens is 3. The molecule has 0 fully saturated rings. The van der Waals surface area contributed by atoms with E-state index in [4.69, 9.17) is 4.74 Å². The van der Waals surface area contributed by atoms with Crippen LogP contribution in [-0.4, -0.2) is 28.3 Å². The predicted octanol–water partition coefficient (Wildman–Crippen LogP) is 1.27. The van der Waals surface area contributed by atoms with Crippen LogP contribution in [0.25, 0.3) is 5.57 Å². The lowest BCUT2D eigenvalue weighted by molar-refractivity contribution is -0.571. The van der Waals surface area contributed by atoms with Crippen molar-refractivity contribution in [3.05, 3.63) is 52.8 Å². The molecule has 0 aliphatic carbocycles. The molecule has 6 heteroatoms. The molecule has 118 valence electrons. The molecule has 6 nitrogen and oxygen atoms in total. The molecule has 3 rings (SSSR count). The van der Waals surface area contributed by atoms with E-state index in [0.717, 1.165) is 11.1 Å². The van der Waals surface area contributed by atoms with Gasteiger partial charge in [0.2, 0.25) is 5.69 Å². The fourth-order valence-electron chi connectivity index (χ4n) is 2.64. The average Bonchev–Trinajstić information content (AvgIpc) is 2.85. The number of carbonyl (C=O) groups excluding carboxylic acids is 1. The van der Waals surface area contributed by atoms with Crippen LogP contribution in [0.3, 0.4) is 0 Å². The summed E-state index contributed by atoms with van der Waals surface area (Å²) in [5, 5.41) is 12.9. The number of carbonyl (C=O) groups is 1. The minimum atomic E-state index is -0.476. The second-order valence-corrected chi connectivity index (χ2v) is 5.79. The van der Waals surface area contributed by atoms with Gasteiger partial charge in [0, 0.05) is 6.92 Å². The van der Waals surface area contributed by atoms with Crippen LogP contribution in [0.2, 0.25) is 0 Å². The zero-order valence-electron chi connectivity index (χ0n) is 13.6. The molecule has 0 amide bonds. The first-order valence-corrected chi connectivity index (χ1v) is 7.63. The first-order valence-electron chi connectivity index (χ1n) is 7.63. The fourth-order valence-corrected chi connectivity index (χ4v) is 2.64. The van der Waals surface area contributed by atoms with Gasteiger partial charge in [-0.15, -0.1) is 5.11 Å². The Balaban J connectivity index is 2.18. The summed E-state index contributed by atoms with van der Waals surface area (Å²) in [5.74, 6) is -0.476. The van der Waals surface area contributed by atoms with Crippen LogP contribution >= 0.6 is 0 Å². The molecule has 0 bridgehead atoms. The van der Waals surface area contributed by atoms with Crippen LogP contribution < -0.4 is 9.84 Å². The largest absolute Gasteiger partial charge is 0.458 e. The van der Waals surface area contributed by atoms with E-state index in [1.54, 1.807) is 25.1 Å². The van der Waals surface area contributed by atoms with E-state index in [1.165, 1.54) is 0 Å². The van der Waals surface area contributed by atoms with Gasteiger partial charge in [0.15, 0.2) is 5.69 Å². The molecule has 23 heavy (non-hydrogen) atoms. The van der Waals surface area contributed by atoms with Gasteiger partial charge >= 0.3 is 11.4 Å². The molecule has 0 saturated carbocycles. The van der Waals surface area contributed by atoms with Gasteiger partial charge in [-0.3, -0.25) is 0 Å². The van der Waals surface area contributed by atoms with Crippen LogP contribution in [0.5, 0.6) is 0 Å². The lowest BCUT2D eigenvalue weighted by Gasteiger charge is -2.05. The molecule has 0 N–H and O–H groups in total. The molecule has 2 heterocycles. The topological polar surface area (TPSA) is 70.3 Å². The Morgan fingerprint density at radius 2 is 1.91 bits per heavy atom. The Morgan fingerprint density at radius 3 is 2.57 bits per heavy atom. The van der Waals surface area contributed by atoms with Crippen molar-refractivity contribution in [2.75, 3.05) is 0 Å². The standard InChI is InChI=1S/C17H19N4O2/c1-10(2)23-17(22)15-12(4)21-16(19-18-15)14(11(3)20-21)13-8-6-5-7-9-13/h5-11H,1-4H3/q+1. The first-order chi connectivity index (χ1) is 11.0. The van der Waals surface area contributed by atoms with E-state index in [0.29, 0.717) is 11.2 Å². The van der Waals surface area contributed by atoms with E-state index in [9.17, 15) is 4.79 Å². The van der Waals surface area contributed by atoms with Crippen molar-refractivity contribution in [2.24, 2.45) is 5.11 Å². The van der Waals surface area contributed by atoms with Crippen molar-refractivity contribution >= 4 is 11.5 Å². The lowest BCUT2D eigenvalue weighted by atomic mass is 10.0. The quantitative estimate of drug-likeness (QED) is 0.632. The summed E-state index contributed by atoms with van der Waals surface area (Å²) in [6, 6.07) is 9.92. The lowest BCUT2D eigenvalue weighted by Crippen LogP contribution is -2.43. The Morgan fingerprint density at radius 1 is 1.22 bits per heavy atom. The van der Waals surface area contributed by atoms with Gasteiger partial charge in [0.1, 0.15) is 6.04 Å². The normalized spacial score (nSPS) is 16.2. The molecule has 1 unspecified atom stereocenters. The molecule has 2 aromatic rings. The Bertz CT molecular complexity index is 875. The minimum absolute atomic E-state index is 0.0539. The predicted molar refractivity (Wildman–Crippen MR) is 83.4 cm³/mol. The fraction of sp³-hybridized carbons (Fsp3) is 0.353. The highest BCUT2D eigenvalue weighted by Crippen LogP contribution is 2.18. The van der Waals surface area contributed by atoms with Gasteiger partial charge in [-0.25, -0.2) is 4.79 Å². The summed E-state index contributed by atoms with van der Waals surface area (Å²) in [7, 11) is 0. The van der Waals surface area contributed by atoms with Gasteiger partial charge in [0.05, 0.1) is 16.8 Å². The SMILES string of the molecule is Cc1c(C(=O)OC(C)C)nnc2[n+]1=NC(C)C=2c1ccccc1. The highest BCUT2D eigenvalue weighted by atomic mass is 16.5. The van der Waals surface area contributed by atoms with Crippen LogP contribution in [-0.2, 0) is 4.74 Å². The monoisotopic (exact) mass is 311 g/mol. The highest BCUT2D eigenvalue weighted by Gasteiger charge is 2.30. The second kappa shape index (κ2) is 5.87. The number of rotatable bonds is 3. The molecule has 1 aliphatic heterocycles. The second-order valence-electron chi connectivity index (χ2n) is 5.79. The third-order valence-corrected chi connectivity index (χ3v) is 3.67. The van der Waals surface area contributed by atoms with Crippen LogP contribution in [0.1, 0.15) is 42.5 Å². The number of benzene rings is 1. The summed E-state index contributed by atoms with van der Waals surface area (Å²) in [5.41, 5.74) is 3.57. The van der Waals surface area contributed by atoms with E-state index >= 15 is 0 Å². The van der Waals surface area contributed by atoms with Crippen molar-refractivity contribution < 1.29 is 13.9 Å². The van der Waals surface area contributed by atoms with E-state index in [-0.39, 0.29) is 17.8 Å². The highest BCUT2D eigenvalue weighted by molar-refractivity contribution is 5.87. The molecular weight excluding hydrogens is 292 g/mol. The molecular formula is C17H19N4O2+. The van der Waals surface area contributed by atoms with Gasteiger partial charge in [-0.2, -0.15) is 0 Å². The van der Waals surface area contributed by atoms with E-state index in [2.05, 4.69) is 15.3 Å². The maximum absolute atomic E-state index is 12.1. The molecule has 1 aliphatic rings. The smallest absolute Gasteiger partial charge is 0.381 e. The summed E-state index contributed by atoms with van der Waals surface area (Å²) in [6.45, 7) is 7.41. The van der Waals surface area contributed by atoms with E-state index < -0.39 is 5.97 Å². The Labute approximate surface area is 134 Å². The summed E-state index contributed by atoms with van der Waals surface area (Å²) in [4.78, 5) is 12.1. The minimum Gasteiger partial charge on any atom is -0.458 e. The zero-order valence-corrected chi connectivity index (χ0v) is 13.6.